The smallest absolute Gasteiger partial charge is 0.208 e. The zero-order valence-electron chi connectivity index (χ0n) is 11.9. The Morgan fingerprint density at radius 2 is 2.15 bits per heavy atom. The van der Waals surface area contributed by atoms with Gasteiger partial charge in [-0.1, -0.05) is 19.1 Å². The van der Waals surface area contributed by atoms with Crippen LogP contribution < -0.4 is 15.8 Å². The number of anilines is 1. The van der Waals surface area contributed by atoms with E-state index in [4.69, 9.17) is 5.73 Å². The van der Waals surface area contributed by atoms with E-state index in [0.29, 0.717) is 25.5 Å². The molecule has 1 aromatic rings. The molecule has 0 atom stereocenters. The molecule has 0 amide bonds. The molecule has 1 aromatic carbocycles. The Hall–Kier alpha value is -1.60. The zero-order valence-corrected chi connectivity index (χ0v) is 12.7. The largest absolute Gasteiger partial charge is 0.370 e. The van der Waals surface area contributed by atoms with Gasteiger partial charge in [0.1, 0.15) is 0 Å². The lowest BCUT2D eigenvalue weighted by molar-refractivity contribution is 0.586. The van der Waals surface area contributed by atoms with Gasteiger partial charge in [0.05, 0.1) is 6.26 Å². The molecule has 0 spiro atoms. The summed E-state index contributed by atoms with van der Waals surface area (Å²) in [6.07, 6.45) is 2.70. The van der Waals surface area contributed by atoms with Crippen molar-refractivity contribution in [2.24, 2.45) is 10.7 Å². The fraction of sp³-hybridized carbons (Fsp3) is 0.462. The summed E-state index contributed by atoms with van der Waals surface area (Å²) in [5.41, 5.74) is 7.89. The quantitative estimate of drug-likeness (QED) is 0.396. The normalized spacial score (nSPS) is 12.4. The van der Waals surface area contributed by atoms with E-state index < -0.39 is 10.0 Å². The predicted molar refractivity (Wildman–Crippen MR) is 83.4 cm³/mol. The summed E-state index contributed by atoms with van der Waals surface area (Å²) in [4.78, 5) is 4.14. The van der Waals surface area contributed by atoms with Crippen LogP contribution in [0.2, 0.25) is 0 Å². The van der Waals surface area contributed by atoms with Crippen molar-refractivity contribution in [3.8, 4) is 0 Å². The zero-order chi connectivity index (χ0) is 15.0. The van der Waals surface area contributed by atoms with Crippen LogP contribution in [0.15, 0.2) is 29.3 Å². The molecule has 0 saturated carbocycles. The fourth-order valence-electron chi connectivity index (χ4n) is 1.59. The summed E-state index contributed by atoms with van der Waals surface area (Å²) in [7, 11) is -3.13. The first kappa shape index (κ1) is 16.5. The van der Waals surface area contributed by atoms with Gasteiger partial charge < -0.3 is 11.1 Å². The number of hydrogen-bond acceptors (Lipinski definition) is 3. The van der Waals surface area contributed by atoms with Crippen LogP contribution in [0.5, 0.6) is 0 Å². The van der Waals surface area contributed by atoms with Crippen LogP contribution in [0.1, 0.15) is 18.9 Å². The number of nitrogens with one attached hydrogen (secondary N) is 2. The average Bonchev–Trinajstić information content (AvgIpc) is 2.37. The van der Waals surface area contributed by atoms with E-state index in [1.54, 1.807) is 0 Å². The number of sulfonamides is 1. The average molecular weight is 298 g/mol. The van der Waals surface area contributed by atoms with Gasteiger partial charge in [-0.3, -0.25) is 4.99 Å². The number of guanidine groups is 1. The van der Waals surface area contributed by atoms with E-state index in [-0.39, 0.29) is 0 Å². The third kappa shape index (κ3) is 7.10. The summed E-state index contributed by atoms with van der Waals surface area (Å²) >= 11 is 0. The lowest BCUT2D eigenvalue weighted by Crippen LogP contribution is -2.25. The van der Waals surface area contributed by atoms with Crippen LogP contribution in [0, 0.1) is 0 Å². The number of benzene rings is 1. The van der Waals surface area contributed by atoms with E-state index in [9.17, 15) is 8.42 Å². The Labute approximate surface area is 120 Å². The van der Waals surface area contributed by atoms with E-state index in [2.05, 4.69) is 28.0 Å². The second-order valence-electron chi connectivity index (χ2n) is 4.47. The lowest BCUT2D eigenvalue weighted by atomic mass is 10.1. The molecule has 0 fully saturated rings. The highest BCUT2D eigenvalue weighted by Crippen LogP contribution is 2.10. The third-order valence-corrected chi connectivity index (χ3v) is 3.32. The minimum Gasteiger partial charge on any atom is -0.370 e. The van der Waals surface area contributed by atoms with Gasteiger partial charge in [0, 0.05) is 18.8 Å². The van der Waals surface area contributed by atoms with Gasteiger partial charge in [0.15, 0.2) is 5.96 Å². The summed E-state index contributed by atoms with van der Waals surface area (Å²) in [6.45, 7) is 2.92. The van der Waals surface area contributed by atoms with E-state index in [0.717, 1.165) is 18.4 Å². The van der Waals surface area contributed by atoms with Crippen molar-refractivity contribution in [3.63, 3.8) is 0 Å². The molecule has 4 N–H and O–H groups in total. The molecule has 0 heterocycles. The Morgan fingerprint density at radius 3 is 2.80 bits per heavy atom. The number of rotatable bonds is 7. The van der Waals surface area contributed by atoms with Crippen LogP contribution in [-0.4, -0.2) is 33.7 Å². The van der Waals surface area contributed by atoms with Crippen molar-refractivity contribution in [2.45, 2.75) is 19.8 Å². The Kier molecular flexibility index (Phi) is 6.47. The molecule has 0 aliphatic carbocycles. The molecule has 0 bridgehead atoms. The second-order valence-corrected chi connectivity index (χ2v) is 6.30. The first-order chi connectivity index (χ1) is 9.40. The van der Waals surface area contributed by atoms with Crippen LogP contribution in [-0.2, 0) is 16.4 Å². The summed E-state index contributed by atoms with van der Waals surface area (Å²) in [5, 5.41) is 3.01. The molecular weight excluding hydrogens is 276 g/mol. The van der Waals surface area contributed by atoms with Gasteiger partial charge in [-0.15, -0.1) is 0 Å². The van der Waals surface area contributed by atoms with Crippen molar-refractivity contribution in [1.29, 1.82) is 0 Å². The van der Waals surface area contributed by atoms with Crippen molar-refractivity contribution in [1.82, 2.24) is 4.72 Å². The molecule has 0 aliphatic heterocycles. The maximum Gasteiger partial charge on any atom is 0.208 e. The Bertz CT molecular complexity index is 555. The Morgan fingerprint density at radius 1 is 1.40 bits per heavy atom. The van der Waals surface area contributed by atoms with Crippen LogP contribution in [0.3, 0.4) is 0 Å². The summed E-state index contributed by atoms with van der Waals surface area (Å²) in [5.74, 6) is 0.331. The predicted octanol–water partition coefficient (Wildman–Crippen LogP) is 0.915. The molecule has 0 aromatic heterocycles. The van der Waals surface area contributed by atoms with Crippen LogP contribution >= 0.6 is 0 Å². The molecular formula is C13H22N4O2S. The minimum absolute atomic E-state index is 0.331. The molecule has 1 rings (SSSR count). The van der Waals surface area contributed by atoms with Gasteiger partial charge >= 0.3 is 0 Å². The first-order valence-electron chi connectivity index (χ1n) is 6.51. The van der Waals surface area contributed by atoms with Gasteiger partial charge in [-0.25, -0.2) is 13.1 Å². The molecule has 20 heavy (non-hydrogen) atoms. The van der Waals surface area contributed by atoms with Crippen molar-refractivity contribution in [3.05, 3.63) is 29.8 Å². The van der Waals surface area contributed by atoms with Crippen LogP contribution in [0.25, 0.3) is 0 Å². The first-order valence-corrected chi connectivity index (χ1v) is 8.40. The molecule has 7 heteroatoms. The number of aryl methyl sites for hydroxylation is 1. The van der Waals surface area contributed by atoms with Gasteiger partial charge in [0.2, 0.25) is 10.0 Å². The SMILES string of the molecule is CCc1cccc(NC(N)=NCCCNS(C)(=O)=O)c1. The molecule has 0 unspecified atom stereocenters. The Balaban J connectivity index is 2.38. The number of nitrogens with zero attached hydrogens (tertiary/aromatic N) is 1. The molecule has 112 valence electrons. The van der Waals surface area contributed by atoms with Gasteiger partial charge in [-0.05, 0) is 30.5 Å². The van der Waals surface area contributed by atoms with Crippen molar-refractivity contribution < 1.29 is 8.42 Å². The minimum atomic E-state index is -3.13. The highest BCUT2D eigenvalue weighted by Gasteiger charge is 1.99. The number of aliphatic imine (C=N–C) groups is 1. The van der Waals surface area contributed by atoms with Crippen molar-refractivity contribution >= 4 is 21.7 Å². The third-order valence-electron chi connectivity index (χ3n) is 2.59. The van der Waals surface area contributed by atoms with Gasteiger partial charge in [-0.2, -0.15) is 0 Å². The lowest BCUT2D eigenvalue weighted by Gasteiger charge is -2.07. The van der Waals surface area contributed by atoms with Crippen molar-refractivity contribution in [2.75, 3.05) is 24.7 Å². The van der Waals surface area contributed by atoms with Gasteiger partial charge in [0.25, 0.3) is 0 Å². The molecule has 0 radical (unpaired) electrons. The van der Waals surface area contributed by atoms with E-state index >= 15 is 0 Å². The maximum atomic E-state index is 10.8. The number of hydrogen-bond donors (Lipinski definition) is 3. The highest BCUT2D eigenvalue weighted by atomic mass is 32.2. The number of nitrogens with two attached hydrogens (primary N) is 1. The topological polar surface area (TPSA) is 96.6 Å². The second kappa shape index (κ2) is 7.86. The molecule has 0 aliphatic rings. The summed E-state index contributed by atoms with van der Waals surface area (Å²) in [6, 6.07) is 7.96. The fourth-order valence-corrected chi connectivity index (χ4v) is 2.11. The van der Waals surface area contributed by atoms with E-state index in [1.165, 1.54) is 5.56 Å². The van der Waals surface area contributed by atoms with Crippen LogP contribution in [0.4, 0.5) is 5.69 Å². The highest BCUT2D eigenvalue weighted by molar-refractivity contribution is 7.88. The molecule has 0 saturated heterocycles. The summed E-state index contributed by atoms with van der Waals surface area (Å²) < 4.78 is 24.1. The van der Waals surface area contributed by atoms with E-state index in [1.807, 2.05) is 18.2 Å². The monoisotopic (exact) mass is 298 g/mol. The maximum absolute atomic E-state index is 10.8. The molecule has 6 nitrogen and oxygen atoms in total. The standard InChI is InChI=1S/C13H22N4O2S/c1-3-11-6-4-7-12(10-11)17-13(14)15-8-5-9-16-20(2,18)19/h4,6-7,10,16H,3,5,8-9H2,1-2H3,(H3,14,15,17).